The van der Waals surface area contributed by atoms with Crippen LogP contribution < -0.4 is 5.32 Å². The summed E-state index contributed by atoms with van der Waals surface area (Å²) in [6.07, 6.45) is 5.34. The van der Waals surface area contributed by atoms with E-state index in [-0.39, 0.29) is 5.91 Å². The lowest BCUT2D eigenvalue weighted by molar-refractivity contribution is -0.111. The third-order valence-corrected chi connectivity index (χ3v) is 4.50. The van der Waals surface area contributed by atoms with Gasteiger partial charge in [0.05, 0.1) is 5.69 Å². The Bertz CT molecular complexity index is 762. The zero-order valence-electron chi connectivity index (χ0n) is 14.7. The summed E-state index contributed by atoms with van der Waals surface area (Å²) in [6.45, 7) is 8.83. The van der Waals surface area contributed by atoms with E-state index in [0.29, 0.717) is 5.15 Å². The standard InChI is InChI=1S/C19H24ClN3O/c1-5-6-12-23-19(20)16(15(4)22-23)10-11-18(24)21-17-9-7-8-13(2)14(17)3/h7-11H,5-6,12H2,1-4H3,(H,21,24)/b11-10+. The SMILES string of the molecule is CCCCn1nc(C)c(/C=C/C(=O)Nc2cccc(C)c2C)c1Cl. The molecule has 0 aliphatic heterocycles. The molecule has 1 heterocycles. The smallest absolute Gasteiger partial charge is 0.248 e. The summed E-state index contributed by atoms with van der Waals surface area (Å²) in [4.78, 5) is 12.2. The van der Waals surface area contributed by atoms with Gasteiger partial charge in [-0.2, -0.15) is 5.10 Å². The molecule has 0 unspecified atom stereocenters. The van der Waals surface area contributed by atoms with Crippen LogP contribution in [0.15, 0.2) is 24.3 Å². The van der Waals surface area contributed by atoms with Crippen LogP contribution in [0.1, 0.15) is 42.1 Å². The number of unbranched alkanes of at least 4 members (excludes halogenated alkanes) is 1. The van der Waals surface area contributed by atoms with Gasteiger partial charge in [-0.05, 0) is 50.5 Å². The van der Waals surface area contributed by atoms with Crippen LogP contribution in [0.5, 0.6) is 0 Å². The van der Waals surface area contributed by atoms with Crippen molar-refractivity contribution in [1.82, 2.24) is 9.78 Å². The largest absolute Gasteiger partial charge is 0.322 e. The van der Waals surface area contributed by atoms with Crippen LogP contribution in [0.2, 0.25) is 5.15 Å². The molecular weight excluding hydrogens is 322 g/mol. The summed E-state index contributed by atoms with van der Waals surface area (Å²) in [7, 11) is 0. The van der Waals surface area contributed by atoms with Gasteiger partial charge in [-0.25, -0.2) is 0 Å². The molecule has 1 N–H and O–H groups in total. The van der Waals surface area contributed by atoms with Gasteiger partial charge in [0.2, 0.25) is 5.91 Å². The van der Waals surface area contributed by atoms with Gasteiger partial charge in [0.15, 0.2) is 0 Å². The molecule has 0 aliphatic carbocycles. The minimum absolute atomic E-state index is 0.180. The van der Waals surface area contributed by atoms with Crippen molar-refractivity contribution in [2.24, 2.45) is 0 Å². The number of anilines is 1. The molecule has 0 atom stereocenters. The van der Waals surface area contributed by atoms with Crippen molar-refractivity contribution in [3.8, 4) is 0 Å². The first kappa shape index (κ1) is 18.3. The number of aryl methyl sites for hydroxylation is 3. The van der Waals surface area contributed by atoms with E-state index in [1.54, 1.807) is 10.8 Å². The lowest BCUT2D eigenvalue weighted by Gasteiger charge is -2.08. The number of benzene rings is 1. The quantitative estimate of drug-likeness (QED) is 0.756. The summed E-state index contributed by atoms with van der Waals surface area (Å²) >= 11 is 6.37. The molecule has 24 heavy (non-hydrogen) atoms. The fourth-order valence-corrected chi connectivity index (χ4v) is 2.75. The van der Waals surface area contributed by atoms with Gasteiger partial charge in [0.1, 0.15) is 5.15 Å². The van der Waals surface area contributed by atoms with E-state index in [4.69, 9.17) is 11.6 Å². The number of nitrogens with zero attached hydrogens (tertiary/aromatic N) is 2. The van der Waals surface area contributed by atoms with Gasteiger partial charge in [-0.3, -0.25) is 9.48 Å². The Morgan fingerprint density at radius 3 is 2.79 bits per heavy atom. The third kappa shape index (κ3) is 4.26. The Morgan fingerprint density at radius 2 is 2.08 bits per heavy atom. The van der Waals surface area contributed by atoms with E-state index in [1.165, 1.54) is 6.08 Å². The van der Waals surface area contributed by atoms with Crippen LogP contribution in [-0.4, -0.2) is 15.7 Å². The second-order valence-electron chi connectivity index (χ2n) is 5.94. The number of nitrogens with one attached hydrogen (secondary N) is 1. The Hall–Kier alpha value is -2.07. The highest BCUT2D eigenvalue weighted by Gasteiger charge is 2.11. The van der Waals surface area contributed by atoms with Crippen molar-refractivity contribution in [1.29, 1.82) is 0 Å². The highest BCUT2D eigenvalue weighted by atomic mass is 35.5. The summed E-state index contributed by atoms with van der Waals surface area (Å²) < 4.78 is 1.79. The Kier molecular flexibility index (Phi) is 6.21. The zero-order valence-corrected chi connectivity index (χ0v) is 15.4. The number of hydrogen-bond acceptors (Lipinski definition) is 2. The van der Waals surface area contributed by atoms with Crippen molar-refractivity contribution < 1.29 is 4.79 Å². The lowest BCUT2D eigenvalue weighted by Crippen LogP contribution is -2.09. The molecule has 4 nitrogen and oxygen atoms in total. The number of halogens is 1. The summed E-state index contributed by atoms with van der Waals surface area (Å²) in [6, 6.07) is 5.85. The second-order valence-corrected chi connectivity index (χ2v) is 6.29. The summed E-state index contributed by atoms with van der Waals surface area (Å²) in [5, 5.41) is 7.92. The molecule has 2 rings (SSSR count). The van der Waals surface area contributed by atoms with Gasteiger partial charge in [0, 0.05) is 23.9 Å². The van der Waals surface area contributed by atoms with Crippen LogP contribution in [0.25, 0.3) is 6.08 Å². The third-order valence-electron chi connectivity index (χ3n) is 4.10. The Labute approximate surface area is 148 Å². The molecule has 0 aliphatic rings. The van der Waals surface area contributed by atoms with Gasteiger partial charge in [-0.1, -0.05) is 37.1 Å². The van der Waals surface area contributed by atoms with E-state index in [2.05, 4.69) is 17.3 Å². The van der Waals surface area contributed by atoms with Crippen LogP contribution >= 0.6 is 11.6 Å². The lowest BCUT2D eigenvalue weighted by atomic mass is 10.1. The average molecular weight is 346 g/mol. The number of hydrogen-bond donors (Lipinski definition) is 1. The van der Waals surface area contributed by atoms with Gasteiger partial charge in [0.25, 0.3) is 0 Å². The molecule has 1 amide bonds. The summed E-state index contributed by atoms with van der Waals surface area (Å²) in [5.74, 6) is -0.180. The zero-order chi connectivity index (χ0) is 17.7. The van der Waals surface area contributed by atoms with Crippen LogP contribution in [-0.2, 0) is 11.3 Å². The minimum atomic E-state index is -0.180. The van der Waals surface area contributed by atoms with Crippen LogP contribution in [0.3, 0.4) is 0 Å². The minimum Gasteiger partial charge on any atom is -0.322 e. The molecule has 0 radical (unpaired) electrons. The molecule has 1 aromatic carbocycles. The molecule has 1 aromatic heterocycles. The van der Waals surface area contributed by atoms with E-state index >= 15 is 0 Å². The van der Waals surface area contributed by atoms with Gasteiger partial charge >= 0.3 is 0 Å². The van der Waals surface area contributed by atoms with Crippen molar-refractivity contribution in [3.63, 3.8) is 0 Å². The first-order valence-electron chi connectivity index (χ1n) is 8.22. The van der Waals surface area contributed by atoms with Gasteiger partial charge < -0.3 is 5.32 Å². The topological polar surface area (TPSA) is 46.9 Å². The van der Waals surface area contributed by atoms with Crippen LogP contribution in [0, 0.1) is 20.8 Å². The normalized spacial score (nSPS) is 11.2. The highest BCUT2D eigenvalue weighted by Crippen LogP contribution is 2.22. The molecule has 128 valence electrons. The molecule has 0 saturated heterocycles. The number of carbonyl (C=O) groups is 1. The molecule has 5 heteroatoms. The molecule has 0 spiro atoms. The van der Waals surface area contributed by atoms with Crippen molar-refractivity contribution in [2.75, 3.05) is 5.32 Å². The number of carbonyl (C=O) groups excluding carboxylic acids is 1. The fraction of sp³-hybridized carbons (Fsp3) is 0.368. The first-order chi connectivity index (χ1) is 11.4. The molecule has 0 saturated carbocycles. The van der Waals surface area contributed by atoms with E-state index < -0.39 is 0 Å². The Morgan fingerprint density at radius 1 is 1.33 bits per heavy atom. The van der Waals surface area contributed by atoms with Crippen LogP contribution in [0.4, 0.5) is 5.69 Å². The fourth-order valence-electron chi connectivity index (χ4n) is 2.43. The molecule has 0 bridgehead atoms. The predicted octanol–water partition coefficient (Wildman–Crippen LogP) is 4.91. The first-order valence-corrected chi connectivity index (χ1v) is 8.60. The maximum absolute atomic E-state index is 12.2. The van der Waals surface area contributed by atoms with E-state index in [1.807, 2.05) is 39.0 Å². The number of rotatable bonds is 6. The van der Waals surface area contributed by atoms with Crippen molar-refractivity contribution in [3.05, 3.63) is 51.8 Å². The molecule has 0 fully saturated rings. The average Bonchev–Trinajstić information content (AvgIpc) is 2.82. The van der Waals surface area contributed by atoms with E-state index in [9.17, 15) is 4.79 Å². The number of amides is 1. The van der Waals surface area contributed by atoms with Gasteiger partial charge in [-0.15, -0.1) is 0 Å². The predicted molar refractivity (Wildman–Crippen MR) is 100 cm³/mol. The maximum Gasteiger partial charge on any atom is 0.248 e. The van der Waals surface area contributed by atoms with E-state index in [0.717, 1.165) is 47.5 Å². The monoisotopic (exact) mass is 345 g/mol. The highest BCUT2D eigenvalue weighted by molar-refractivity contribution is 6.31. The van der Waals surface area contributed by atoms with Crippen molar-refractivity contribution in [2.45, 2.75) is 47.1 Å². The second kappa shape index (κ2) is 8.15. The summed E-state index contributed by atoms with van der Waals surface area (Å²) in [5.41, 5.74) is 4.66. The Balaban J connectivity index is 2.11. The van der Waals surface area contributed by atoms with Crippen molar-refractivity contribution >= 4 is 29.3 Å². The number of aromatic nitrogens is 2. The molecular formula is C19H24ClN3O. The maximum atomic E-state index is 12.2. The molecule has 2 aromatic rings.